The van der Waals surface area contributed by atoms with E-state index < -0.39 is 0 Å². The molecule has 0 amide bonds. The predicted molar refractivity (Wildman–Crippen MR) is 184 cm³/mol. The zero-order valence-electron chi connectivity index (χ0n) is 23.8. The summed E-state index contributed by atoms with van der Waals surface area (Å²) in [6.07, 6.45) is 0. The van der Waals surface area contributed by atoms with Gasteiger partial charge in [-0.05, 0) is 88.3 Å². The summed E-state index contributed by atoms with van der Waals surface area (Å²) in [5.74, 6) is 0. The van der Waals surface area contributed by atoms with E-state index in [9.17, 15) is 0 Å². The van der Waals surface area contributed by atoms with Gasteiger partial charge in [0.1, 0.15) is 5.52 Å². The molecule has 0 unspecified atom stereocenters. The molecule has 0 radical (unpaired) electrons. The van der Waals surface area contributed by atoms with Gasteiger partial charge < -0.3 is 4.90 Å². The molecule has 0 saturated carbocycles. The number of benzene rings is 7. The molecule has 0 fully saturated rings. The third-order valence-electron chi connectivity index (χ3n) is 8.51. The lowest BCUT2D eigenvalue weighted by atomic mass is 10.0. The lowest BCUT2D eigenvalue weighted by Gasteiger charge is -2.25. The predicted octanol–water partition coefficient (Wildman–Crippen LogP) is 10.5. The summed E-state index contributed by atoms with van der Waals surface area (Å²) in [5, 5.41) is 5.94. The number of para-hydroxylation sites is 5. The Morgan fingerprint density at radius 1 is 0.432 bits per heavy atom. The number of nitrogens with zero attached hydrogens (tertiary/aromatic N) is 4. The van der Waals surface area contributed by atoms with Crippen LogP contribution in [0.1, 0.15) is 0 Å². The highest BCUT2D eigenvalue weighted by molar-refractivity contribution is 6.11. The van der Waals surface area contributed by atoms with Crippen molar-refractivity contribution >= 4 is 71.7 Å². The molecule has 9 rings (SSSR count). The summed E-state index contributed by atoms with van der Waals surface area (Å²) in [6, 6.07) is 55.6. The van der Waals surface area contributed by atoms with Crippen molar-refractivity contribution in [3.63, 3.8) is 0 Å². The third-order valence-corrected chi connectivity index (χ3v) is 8.51. The Hall–Kier alpha value is -6.00. The van der Waals surface area contributed by atoms with Crippen LogP contribution in [0.3, 0.4) is 0 Å². The molecule has 0 bridgehead atoms. The van der Waals surface area contributed by atoms with Gasteiger partial charge in [0.2, 0.25) is 0 Å². The van der Waals surface area contributed by atoms with Gasteiger partial charge in [-0.25, -0.2) is 9.97 Å². The molecule has 2 heterocycles. The quantitative estimate of drug-likeness (QED) is 0.200. The summed E-state index contributed by atoms with van der Waals surface area (Å²) in [5.41, 5.74) is 9.16. The first-order chi connectivity index (χ1) is 21.8. The van der Waals surface area contributed by atoms with E-state index >= 15 is 0 Å². The fourth-order valence-electron chi connectivity index (χ4n) is 6.50. The molecule has 0 aliphatic heterocycles. The van der Waals surface area contributed by atoms with Crippen LogP contribution in [-0.4, -0.2) is 14.5 Å². The summed E-state index contributed by atoms with van der Waals surface area (Å²) in [6.45, 7) is 0. The molecule has 4 heteroatoms. The average Bonchev–Trinajstić information content (AvgIpc) is 3.41. The van der Waals surface area contributed by atoms with Crippen LogP contribution in [-0.2, 0) is 0 Å². The molecule has 44 heavy (non-hydrogen) atoms. The largest absolute Gasteiger partial charge is 0.310 e. The first kappa shape index (κ1) is 24.6. The highest BCUT2D eigenvalue weighted by Crippen LogP contribution is 2.38. The Morgan fingerprint density at radius 2 is 1.02 bits per heavy atom. The Labute approximate surface area is 254 Å². The van der Waals surface area contributed by atoms with Crippen LogP contribution in [0.15, 0.2) is 158 Å². The number of anilines is 3. The van der Waals surface area contributed by atoms with Gasteiger partial charge in [-0.2, -0.15) is 0 Å². The number of aromatic nitrogens is 3. The van der Waals surface area contributed by atoms with Crippen molar-refractivity contribution in [1.29, 1.82) is 0 Å². The molecule has 2 aromatic heterocycles. The smallest absolute Gasteiger partial charge is 0.165 e. The maximum atomic E-state index is 5.09. The van der Waals surface area contributed by atoms with Gasteiger partial charge in [-0.15, -0.1) is 0 Å². The molecule has 7 aromatic carbocycles. The minimum absolute atomic E-state index is 0.872. The van der Waals surface area contributed by atoms with Gasteiger partial charge in [0.25, 0.3) is 0 Å². The van der Waals surface area contributed by atoms with Crippen LogP contribution in [0.2, 0.25) is 0 Å². The summed E-state index contributed by atoms with van der Waals surface area (Å²) in [4.78, 5) is 12.4. The molecule has 0 atom stereocenters. The summed E-state index contributed by atoms with van der Waals surface area (Å²) < 4.78 is 2.24. The van der Waals surface area contributed by atoms with Gasteiger partial charge in [-0.1, -0.05) is 91.0 Å². The normalized spacial score (nSPS) is 11.6. The van der Waals surface area contributed by atoms with Gasteiger partial charge in [0.05, 0.1) is 16.6 Å². The Morgan fingerprint density at radius 3 is 1.75 bits per heavy atom. The first-order valence-corrected chi connectivity index (χ1v) is 14.8. The van der Waals surface area contributed by atoms with E-state index in [2.05, 4.69) is 143 Å². The maximum absolute atomic E-state index is 5.09. The molecular formula is C40H26N4. The van der Waals surface area contributed by atoms with E-state index in [0.29, 0.717) is 0 Å². The van der Waals surface area contributed by atoms with Gasteiger partial charge >= 0.3 is 0 Å². The second-order valence-corrected chi connectivity index (χ2v) is 11.1. The Bertz CT molecular complexity index is 2460. The van der Waals surface area contributed by atoms with Gasteiger partial charge in [0, 0.05) is 28.1 Å². The van der Waals surface area contributed by atoms with Crippen molar-refractivity contribution in [3.8, 4) is 5.69 Å². The minimum atomic E-state index is 0.872. The molecule has 4 nitrogen and oxygen atoms in total. The second-order valence-electron chi connectivity index (χ2n) is 11.1. The van der Waals surface area contributed by atoms with Gasteiger partial charge in [0.15, 0.2) is 5.65 Å². The summed E-state index contributed by atoms with van der Waals surface area (Å²) >= 11 is 0. The Kier molecular flexibility index (Phi) is 5.47. The zero-order chi connectivity index (χ0) is 29.0. The fourth-order valence-corrected chi connectivity index (χ4v) is 6.50. The number of hydrogen-bond acceptors (Lipinski definition) is 3. The van der Waals surface area contributed by atoms with Crippen LogP contribution in [0.4, 0.5) is 17.1 Å². The molecule has 0 aliphatic carbocycles. The van der Waals surface area contributed by atoms with Gasteiger partial charge in [-0.3, -0.25) is 4.57 Å². The third kappa shape index (κ3) is 3.85. The zero-order valence-corrected chi connectivity index (χ0v) is 23.8. The average molecular weight is 563 g/mol. The monoisotopic (exact) mass is 562 g/mol. The van der Waals surface area contributed by atoms with E-state index in [1.165, 1.54) is 21.5 Å². The summed E-state index contributed by atoms with van der Waals surface area (Å²) in [7, 11) is 0. The maximum Gasteiger partial charge on any atom is 0.165 e. The van der Waals surface area contributed by atoms with Crippen molar-refractivity contribution in [3.05, 3.63) is 158 Å². The van der Waals surface area contributed by atoms with E-state index in [1.54, 1.807) is 0 Å². The van der Waals surface area contributed by atoms with Crippen LogP contribution in [0.5, 0.6) is 0 Å². The first-order valence-electron chi connectivity index (χ1n) is 14.8. The van der Waals surface area contributed by atoms with E-state index in [4.69, 9.17) is 9.97 Å². The van der Waals surface area contributed by atoms with Crippen LogP contribution in [0, 0.1) is 0 Å². The molecular weight excluding hydrogens is 536 g/mol. The van der Waals surface area contributed by atoms with Crippen molar-refractivity contribution in [2.45, 2.75) is 0 Å². The lowest BCUT2D eigenvalue weighted by molar-refractivity contribution is 1.14. The molecule has 0 N–H and O–H groups in total. The van der Waals surface area contributed by atoms with Crippen molar-refractivity contribution in [1.82, 2.24) is 14.5 Å². The van der Waals surface area contributed by atoms with Crippen LogP contribution in [0.25, 0.3) is 60.3 Å². The highest BCUT2D eigenvalue weighted by Gasteiger charge is 2.17. The molecule has 206 valence electrons. The fraction of sp³-hybridized carbons (Fsp3) is 0. The number of fused-ring (bicyclic) bond motifs is 7. The topological polar surface area (TPSA) is 34.0 Å². The second kappa shape index (κ2) is 9.79. The SMILES string of the molecule is c1ccc(N(c2ccccc2)c2ccc3c(ccc4cc(-n5c6ccccc6c6nc7ccccc7nc65)ccc43)c2)cc1. The van der Waals surface area contributed by atoms with E-state index in [-0.39, 0.29) is 0 Å². The van der Waals surface area contributed by atoms with Crippen molar-refractivity contribution in [2.75, 3.05) is 4.90 Å². The molecule has 9 aromatic rings. The number of hydrogen-bond donors (Lipinski definition) is 0. The minimum Gasteiger partial charge on any atom is -0.310 e. The highest BCUT2D eigenvalue weighted by atomic mass is 15.1. The molecule has 0 saturated heterocycles. The molecule has 0 spiro atoms. The molecule has 0 aliphatic rings. The lowest BCUT2D eigenvalue weighted by Crippen LogP contribution is -2.09. The number of rotatable bonds is 4. The van der Waals surface area contributed by atoms with E-state index in [1.807, 2.05) is 24.3 Å². The van der Waals surface area contributed by atoms with E-state index in [0.717, 1.165) is 55.8 Å². The van der Waals surface area contributed by atoms with Crippen LogP contribution < -0.4 is 4.90 Å². The van der Waals surface area contributed by atoms with Crippen molar-refractivity contribution < 1.29 is 0 Å². The Balaban J connectivity index is 1.21. The van der Waals surface area contributed by atoms with Crippen molar-refractivity contribution in [2.24, 2.45) is 0 Å². The van der Waals surface area contributed by atoms with Crippen LogP contribution >= 0.6 is 0 Å². The standard InChI is InChI=1S/C40H26N4/c1-3-11-29(12-4-1)43(30-13-5-2-6-14-30)31-21-23-33-27(25-31)19-20-28-26-32(22-24-34(28)33)44-38-18-10-7-15-35(38)39-40(44)42-37-17-9-8-16-36(37)41-39/h1-26H.